The van der Waals surface area contributed by atoms with Crippen LogP contribution in [0.4, 0.5) is 8.78 Å². The quantitative estimate of drug-likeness (QED) is 0.760. The first-order chi connectivity index (χ1) is 6.13. The van der Waals surface area contributed by atoms with Crippen LogP contribution in [0.25, 0.3) is 0 Å². The SMILES string of the molecule is COc1cc(OC(F)F)ccc1Cl. The van der Waals surface area contributed by atoms with Gasteiger partial charge in [0.15, 0.2) is 0 Å². The molecule has 0 saturated heterocycles. The third-order valence-corrected chi connectivity index (χ3v) is 1.66. The Balaban J connectivity index is 2.86. The molecule has 0 saturated carbocycles. The van der Waals surface area contributed by atoms with Crippen LogP contribution in [0.5, 0.6) is 11.5 Å². The fourth-order valence-corrected chi connectivity index (χ4v) is 1.01. The van der Waals surface area contributed by atoms with Crippen molar-refractivity contribution in [1.29, 1.82) is 0 Å². The summed E-state index contributed by atoms with van der Waals surface area (Å²) in [6.45, 7) is -2.84. The summed E-state index contributed by atoms with van der Waals surface area (Å²) in [5, 5.41) is 0.351. The molecule has 2 nitrogen and oxygen atoms in total. The van der Waals surface area contributed by atoms with Gasteiger partial charge in [-0.2, -0.15) is 8.78 Å². The van der Waals surface area contributed by atoms with Crippen molar-refractivity contribution in [2.75, 3.05) is 7.11 Å². The average molecular weight is 209 g/mol. The summed E-state index contributed by atoms with van der Waals surface area (Å²) in [7, 11) is 1.40. The van der Waals surface area contributed by atoms with Gasteiger partial charge in [0.2, 0.25) is 0 Å². The van der Waals surface area contributed by atoms with Gasteiger partial charge in [-0.25, -0.2) is 0 Å². The van der Waals surface area contributed by atoms with E-state index in [0.717, 1.165) is 0 Å². The molecule has 0 fully saturated rings. The second kappa shape index (κ2) is 4.28. The van der Waals surface area contributed by atoms with E-state index in [-0.39, 0.29) is 5.75 Å². The standard InChI is InChI=1S/C8H7ClF2O2/c1-12-7-4-5(13-8(10)11)2-3-6(7)9/h2-4,8H,1H3. The van der Waals surface area contributed by atoms with Crippen LogP contribution in [0.3, 0.4) is 0 Å². The molecule has 0 aromatic heterocycles. The number of rotatable bonds is 3. The molecule has 0 aliphatic carbocycles. The number of ether oxygens (including phenoxy) is 2. The van der Waals surface area contributed by atoms with Crippen molar-refractivity contribution in [1.82, 2.24) is 0 Å². The summed E-state index contributed by atoms with van der Waals surface area (Å²) in [5.41, 5.74) is 0. The van der Waals surface area contributed by atoms with Crippen molar-refractivity contribution >= 4 is 11.6 Å². The number of halogens is 3. The Kier molecular flexibility index (Phi) is 3.31. The van der Waals surface area contributed by atoms with Gasteiger partial charge in [0.05, 0.1) is 12.1 Å². The molecule has 13 heavy (non-hydrogen) atoms. The summed E-state index contributed by atoms with van der Waals surface area (Å²) in [6, 6.07) is 4.07. The van der Waals surface area contributed by atoms with Crippen LogP contribution in [0.2, 0.25) is 5.02 Å². The number of alkyl halides is 2. The van der Waals surface area contributed by atoms with Crippen LogP contribution in [0.1, 0.15) is 0 Å². The predicted octanol–water partition coefficient (Wildman–Crippen LogP) is 2.95. The summed E-state index contributed by atoms with van der Waals surface area (Å²) < 4.78 is 32.5. The van der Waals surface area contributed by atoms with E-state index in [2.05, 4.69) is 4.74 Å². The molecule has 0 heterocycles. The monoisotopic (exact) mass is 208 g/mol. The number of hydrogen-bond acceptors (Lipinski definition) is 2. The Bertz CT molecular complexity index is 291. The topological polar surface area (TPSA) is 18.5 Å². The molecule has 0 aliphatic rings. The number of benzene rings is 1. The largest absolute Gasteiger partial charge is 0.495 e. The van der Waals surface area contributed by atoms with Gasteiger partial charge in [0, 0.05) is 6.07 Å². The van der Waals surface area contributed by atoms with Crippen LogP contribution in [0, 0.1) is 0 Å². The molecule has 0 N–H and O–H groups in total. The van der Waals surface area contributed by atoms with Crippen LogP contribution in [0.15, 0.2) is 18.2 Å². The molecule has 0 aliphatic heterocycles. The smallest absolute Gasteiger partial charge is 0.387 e. The molecule has 0 unspecified atom stereocenters. The van der Waals surface area contributed by atoms with Gasteiger partial charge in [0.25, 0.3) is 0 Å². The van der Waals surface area contributed by atoms with Crippen LogP contribution in [-0.4, -0.2) is 13.7 Å². The first-order valence-electron chi connectivity index (χ1n) is 3.42. The van der Waals surface area contributed by atoms with Crippen LogP contribution < -0.4 is 9.47 Å². The Morgan fingerprint density at radius 1 is 1.38 bits per heavy atom. The zero-order valence-corrected chi connectivity index (χ0v) is 7.52. The minimum absolute atomic E-state index is 0.0243. The molecule has 72 valence electrons. The highest BCUT2D eigenvalue weighted by Crippen LogP contribution is 2.29. The van der Waals surface area contributed by atoms with Crippen molar-refractivity contribution in [3.63, 3.8) is 0 Å². The summed E-state index contributed by atoms with van der Waals surface area (Å²) >= 11 is 5.66. The molecule has 1 aromatic rings. The number of methoxy groups -OCH3 is 1. The van der Waals surface area contributed by atoms with Gasteiger partial charge in [-0.15, -0.1) is 0 Å². The molecule has 5 heteroatoms. The van der Waals surface area contributed by atoms with Gasteiger partial charge >= 0.3 is 6.61 Å². The van der Waals surface area contributed by atoms with Crippen LogP contribution >= 0.6 is 11.6 Å². The van der Waals surface area contributed by atoms with Gasteiger partial charge in [-0.1, -0.05) is 11.6 Å². The molecule has 0 atom stereocenters. The molecule has 0 bridgehead atoms. The molecular weight excluding hydrogens is 202 g/mol. The first kappa shape index (κ1) is 10.1. The Morgan fingerprint density at radius 2 is 2.08 bits per heavy atom. The maximum absolute atomic E-state index is 11.8. The zero-order valence-electron chi connectivity index (χ0n) is 6.76. The highest BCUT2D eigenvalue weighted by molar-refractivity contribution is 6.32. The van der Waals surface area contributed by atoms with Gasteiger partial charge in [-0.3, -0.25) is 0 Å². The fourth-order valence-electron chi connectivity index (χ4n) is 0.816. The molecule has 1 aromatic carbocycles. The van der Waals surface area contributed by atoms with E-state index in [1.54, 1.807) is 0 Å². The minimum Gasteiger partial charge on any atom is -0.495 e. The fraction of sp³-hybridized carbons (Fsp3) is 0.250. The number of hydrogen-bond donors (Lipinski definition) is 0. The molecule has 0 radical (unpaired) electrons. The van der Waals surface area contributed by atoms with Gasteiger partial charge in [-0.05, 0) is 12.1 Å². The zero-order chi connectivity index (χ0) is 9.84. The predicted molar refractivity (Wildman–Crippen MR) is 44.6 cm³/mol. The third-order valence-electron chi connectivity index (χ3n) is 1.35. The highest BCUT2D eigenvalue weighted by Gasteiger charge is 2.07. The Hall–Kier alpha value is -1.03. The lowest BCUT2D eigenvalue weighted by atomic mass is 10.3. The molecule has 0 amide bonds. The van der Waals surface area contributed by atoms with E-state index >= 15 is 0 Å². The molecular formula is C8H7ClF2O2. The maximum atomic E-state index is 11.8. The second-order valence-electron chi connectivity index (χ2n) is 2.17. The van der Waals surface area contributed by atoms with Crippen molar-refractivity contribution in [2.45, 2.75) is 6.61 Å². The average Bonchev–Trinajstić information content (AvgIpc) is 2.07. The summed E-state index contributed by atoms with van der Waals surface area (Å²) in [6.07, 6.45) is 0. The lowest BCUT2D eigenvalue weighted by molar-refractivity contribution is -0.0499. The van der Waals surface area contributed by atoms with Crippen molar-refractivity contribution in [3.05, 3.63) is 23.2 Å². The summed E-state index contributed by atoms with van der Waals surface area (Å²) in [4.78, 5) is 0. The van der Waals surface area contributed by atoms with E-state index in [0.29, 0.717) is 10.8 Å². The summed E-state index contributed by atoms with van der Waals surface area (Å²) in [5.74, 6) is 0.330. The van der Waals surface area contributed by atoms with E-state index in [9.17, 15) is 8.78 Å². The molecule has 0 spiro atoms. The van der Waals surface area contributed by atoms with E-state index in [4.69, 9.17) is 16.3 Å². The normalized spacial score (nSPS) is 10.2. The van der Waals surface area contributed by atoms with E-state index < -0.39 is 6.61 Å². The van der Waals surface area contributed by atoms with Crippen molar-refractivity contribution in [2.24, 2.45) is 0 Å². The highest BCUT2D eigenvalue weighted by atomic mass is 35.5. The van der Waals surface area contributed by atoms with Crippen molar-refractivity contribution < 1.29 is 18.3 Å². The lowest BCUT2D eigenvalue weighted by Gasteiger charge is -2.07. The Morgan fingerprint density at radius 3 is 2.62 bits per heavy atom. The Labute approximate surface area is 79.0 Å². The minimum atomic E-state index is -2.84. The van der Waals surface area contributed by atoms with Crippen molar-refractivity contribution in [3.8, 4) is 11.5 Å². The van der Waals surface area contributed by atoms with Crippen LogP contribution in [-0.2, 0) is 0 Å². The molecule has 1 rings (SSSR count). The van der Waals surface area contributed by atoms with Gasteiger partial charge in [0.1, 0.15) is 11.5 Å². The second-order valence-corrected chi connectivity index (χ2v) is 2.58. The van der Waals surface area contributed by atoms with E-state index in [1.807, 2.05) is 0 Å². The third kappa shape index (κ3) is 2.73. The first-order valence-corrected chi connectivity index (χ1v) is 3.79. The van der Waals surface area contributed by atoms with Gasteiger partial charge < -0.3 is 9.47 Å². The van der Waals surface area contributed by atoms with E-state index in [1.165, 1.54) is 25.3 Å². The maximum Gasteiger partial charge on any atom is 0.387 e. The lowest BCUT2D eigenvalue weighted by Crippen LogP contribution is -2.01.